The molecule has 12 heteroatoms. The zero-order chi connectivity index (χ0) is 22.3. The molecule has 4 rings (SSSR count). The highest BCUT2D eigenvalue weighted by molar-refractivity contribution is 6.02. The third-order valence-electron chi connectivity index (χ3n) is 4.85. The molecule has 3 N–H and O–H groups in total. The number of halogens is 2. The van der Waals surface area contributed by atoms with Crippen molar-refractivity contribution in [3.63, 3.8) is 0 Å². The summed E-state index contributed by atoms with van der Waals surface area (Å²) < 4.78 is 39.4. The molecule has 3 heterocycles. The van der Waals surface area contributed by atoms with Crippen LogP contribution >= 0.6 is 0 Å². The predicted molar refractivity (Wildman–Crippen MR) is 102 cm³/mol. The van der Waals surface area contributed by atoms with Crippen molar-refractivity contribution >= 4 is 28.5 Å². The normalized spacial score (nSPS) is 15.9. The smallest absolute Gasteiger partial charge is 0.257 e. The lowest BCUT2D eigenvalue weighted by molar-refractivity contribution is -0.118. The molecular weight excluding hydrogens is 418 g/mol. The minimum atomic E-state index is -1.41. The number of aliphatic hydroxyl groups excluding tert-OH is 1. The van der Waals surface area contributed by atoms with Gasteiger partial charge in [-0.05, 0) is 13.0 Å². The topological polar surface area (TPSA) is 136 Å². The van der Waals surface area contributed by atoms with E-state index in [0.29, 0.717) is 6.07 Å². The van der Waals surface area contributed by atoms with Gasteiger partial charge >= 0.3 is 0 Å². The van der Waals surface area contributed by atoms with E-state index in [4.69, 9.17) is 4.74 Å². The summed E-state index contributed by atoms with van der Waals surface area (Å²) in [6, 6.07) is 0.244. The fourth-order valence-corrected chi connectivity index (χ4v) is 3.28. The first-order valence-corrected chi connectivity index (χ1v) is 9.14. The Labute approximate surface area is 172 Å². The van der Waals surface area contributed by atoms with Crippen LogP contribution in [0.15, 0.2) is 33.9 Å². The summed E-state index contributed by atoms with van der Waals surface area (Å²) in [7, 11) is 0. The van der Waals surface area contributed by atoms with Crippen LogP contribution in [0.4, 0.5) is 14.6 Å². The zero-order valence-corrected chi connectivity index (χ0v) is 16.0. The molecule has 0 radical (unpaired) electrons. The van der Waals surface area contributed by atoms with Gasteiger partial charge in [0.05, 0.1) is 23.6 Å². The molecule has 0 fully saturated rings. The summed E-state index contributed by atoms with van der Waals surface area (Å²) >= 11 is 0. The third kappa shape index (κ3) is 3.50. The van der Waals surface area contributed by atoms with Crippen LogP contribution in [0.2, 0.25) is 0 Å². The minimum absolute atomic E-state index is 0.00816. The number of nitrogens with one attached hydrogen (secondary N) is 2. The molecule has 0 spiro atoms. The number of aliphatic hydroxyl groups is 1. The van der Waals surface area contributed by atoms with Gasteiger partial charge in [-0.25, -0.2) is 4.39 Å². The predicted octanol–water partition coefficient (Wildman–Crippen LogP) is 0.950. The third-order valence-corrected chi connectivity index (χ3v) is 4.85. The van der Waals surface area contributed by atoms with Crippen molar-refractivity contribution in [1.29, 1.82) is 0 Å². The van der Waals surface area contributed by atoms with E-state index in [-0.39, 0.29) is 23.3 Å². The van der Waals surface area contributed by atoms with Gasteiger partial charge in [-0.3, -0.25) is 14.4 Å². The largest absolute Gasteiger partial charge is 0.486 e. The van der Waals surface area contributed by atoms with E-state index in [2.05, 4.69) is 20.3 Å². The minimum Gasteiger partial charge on any atom is -0.486 e. The molecule has 10 nitrogen and oxygen atoms in total. The number of nitrogens with zero attached hydrogens (tertiary/aromatic N) is 2. The molecule has 31 heavy (non-hydrogen) atoms. The van der Waals surface area contributed by atoms with Gasteiger partial charge in [-0.2, -0.15) is 4.39 Å². The highest BCUT2D eigenvalue weighted by Gasteiger charge is 2.29. The summed E-state index contributed by atoms with van der Waals surface area (Å²) in [6.45, 7) is 0.925. The van der Waals surface area contributed by atoms with Gasteiger partial charge in [0.15, 0.2) is 17.4 Å². The van der Waals surface area contributed by atoms with Gasteiger partial charge in [0.25, 0.3) is 11.8 Å². The van der Waals surface area contributed by atoms with Crippen molar-refractivity contribution in [2.75, 3.05) is 18.5 Å². The number of anilines is 1. The lowest BCUT2D eigenvalue weighted by Gasteiger charge is -2.27. The van der Waals surface area contributed by atoms with E-state index in [1.54, 1.807) is 6.92 Å². The molecule has 0 saturated carbocycles. The molecule has 3 aromatic rings. The number of aromatic nitrogens is 2. The Hall–Kier alpha value is -3.80. The van der Waals surface area contributed by atoms with Gasteiger partial charge in [0, 0.05) is 12.3 Å². The van der Waals surface area contributed by atoms with Crippen LogP contribution in [0.25, 0.3) is 10.9 Å². The molecule has 2 amide bonds. The monoisotopic (exact) mass is 434 g/mol. The number of rotatable bonds is 5. The molecule has 0 saturated heterocycles. The van der Waals surface area contributed by atoms with Crippen LogP contribution in [0.3, 0.4) is 0 Å². The lowest BCUT2D eigenvalue weighted by Crippen LogP contribution is -2.47. The highest BCUT2D eigenvalue weighted by atomic mass is 19.2. The highest BCUT2D eigenvalue weighted by Crippen LogP contribution is 2.35. The van der Waals surface area contributed by atoms with Crippen molar-refractivity contribution in [1.82, 2.24) is 15.0 Å². The second-order valence-electron chi connectivity index (χ2n) is 6.92. The van der Waals surface area contributed by atoms with Crippen molar-refractivity contribution in [2.45, 2.75) is 19.0 Å². The zero-order valence-electron chi connectivity index (χ0n) is 16.0. The van der Waals surface area contributed by atoms with Crippen LogP contribution < -0.4 is 20.8 Å². The van der Waals surface area contributed by atoms with Crippen molar-refractivity contribution in [3.8, 4) is 5.75 Å². The van der Waals surface area contributed by atoms with Crippen molar-refractivity contribution in [2.24, 2.45) is 0 Å². The fourth-order valence-electron chi connectivity index (χ4n) is 3.28. The molecule has 0 bridgehead atoms. The Balaban J connectivity index is 1.71. The van der Waals surface area contributed by atoms with Gasteiger partial charge < -0.3 is 29.6 Å². The molecule has 0 aliphatic carbocycles. The maximum atomic E-state index is 14.1. The van der Waals surface area contributed by atoms with Crippen LogP contribution in [0.5, 0.6) is 5.75 Å². The first-order valence-electron chi connectivity index (χ1n) is 9.14. The Morgan fingerprint density at radius 3 is 2.87 bits per heavy atom. The number of benzene rings is 1. The van der Waals surface area contributed by atoms with Crippen LogP contribution in [-0.2, 0) is 4.79 Å². The summed E-state index contributed by atoms with van der Waals surface area (Å²) in [4.78, 5) is 37.9. The molecule has 2 atom stereocenters. The molecule has 1 aliphatic rings. The Kier molecular flexibility index (Phi) is 5.15. The number of carbonyl (C=O) groups excluding carboxylic acids is 2. The van der Waals surface area contributed by atoms with Crippen LogP contribution in [0, 0.1) is 11.6 Å². The average Bonchev–Trinajstić information content (AvgIpc) is 3.25. The van der Waals surface area contributed by atoms with Gasteiger partial charge in [-0.1, -0.05) is 5.16 Å². The Bertz CT molecular complexity index is 1240. The molecule has 1 aliphatic heterocycles. The van der Waals surface area contributed by atoms with Gasteiger partial charge in [-0.15, -0.1) is 0 Å². The second kappa shape index (κ2) is 7.80. The molecule has 1 unspecified atom stereocenters. The summed E-state index contributed by atoms with van der Waals surface area (Å²) in [5.41, 5.74) is -1.26. The summed E-state index contributed by atoms with van der Waals surface area (Å²) in [5.74, 6) is -4.64. The molecule has 162 valence electrons. The first-order chi connectivity index (χ1) is 14.8. The van der Waals surface area contributed by atoms with E-state index in [1.165, 1.54) is 23.1 Å². The van der Waals surface area contributed by atoms with Gasteiger partial charge in [0.1, 0.15) is 24.5 Å². The maximum absolute atomic E-state index is 14.1. The molecular formula is C19H16F2N4O6. The van der Waals surface area contributed by atoms with E-state index < -0.39 is 58.9 Å². The van der Waals surface area contributed by atoms with E-state index in [0.717, 1.165) is 0 Å². The van der Waals surface area contributed by atoms with E-state index >= 15 is 0 Å². The fraction of sp³-hybridized carbons (Fsp3) is 0.263. The van der Waals surface area contributed by atoms with E-state index in [9.17, 15) is 28.3 Å². The molecule has 1 aromatic carbocycles. The standard InChI is InChI=1S/C19H16F2N4O6/c1-8-7-30-17-14(21)11(20)4-9-15(17)25(8)5-10(16(9)27)18(28)22-12(6-26)19(29)23-13-2-3-31-24-13/h2-5,8,12,26H,6-7H2,1H3,(H,22,28)(H,23,24,29)/t8?,12-/m0/s1. The second-order valence-corrected chi connectivity index (χ2v) is 6.92. The SMILES string of the molecule is CC1COc2c(F)c(F)cc3c(=O)c(C(=O)N[C@@H](CO)C(=O)Nc4ccon4)cn1c23. The number of amides is 2. The number of carbonyl (C=O) groups is 2. The number of hydrogen-bond donors (Lipinski definition) is 3. The maximum Gasteiger partial charge on any atom is 0.257 e. The first kappa shape index (κ1) is 20.5. The van der Waals surface area contributed by atoms with Crippen LogP contribution in [-0.4, -0.2) is 45.9 Å². The van der Waals surface area contributed by atoms with Crippen molar-refractivity contribution in [3.05, 3.63) is 52.0 Å². The average molecular weight is 434 g/mol. The van der Waals surface area contributed by atoms with Crippen molar-refractivity contribution < 1.29 is 32.7 Å². The van der Waals surface area contributed by atoms with Crippen LogP contribution in [0.1, 0.15) is 23.3 Å². The molecule has 2 aromatic heterocycles. The van der Waals surface area contributed by atoms with E-state index in [1.807, 2.05) is 0 Å². The summed E-state index contributed by atoms with van der Waals surface area (Å²) in [5, 5.41) is 17.3. The number of ether oxygens (including phenoxy) is 1. The number of hydrogen-bond acceptors (Lipinski definition) is 7. The Morgan fingerprint density at radius 1 is 1.42 bits per heavy atom. The van der Waals surface area contributed by atoms with Gasteiger partial charge in [0.2, 0.25) is 11.2 Å². The number of pyridine rings is 1. The lowest BCUT2D eigenvalue weighted by atomic mass is 10.1. The summed E-state index contributed by atoms with van der Waals surface area (Å²) in [6.07, 6.45) is 2.41. The quantitative estimate of drug-likeness (QED) is 0.544. The Morgan fingerprint density at radius 2 is 2.19 bits per heavy atom.